The molecule has 3 nitrogen and oxygen atoms in total. The van der Waals surface area contributed by atoms with Gasteiger partial charge in [0.2, 0.25) is 10.0 Å². The van der Waals surface area contributed by atoms with Crippen LogP contribution in [0.4, 0.5) is 0 Å². The molecule has 0 aliphatic heterocycles. The molecule has 0 heterocycles. The minimum absolute atomic E-state index is 0.0702. The van der Waals surface area contributed by atoms with E-state index in [9.17, 15) is 8.42 Å². The Labute approximate surface area is 127 Å². The number of sulfonamides is 1. The third kappa shape index (κ3) is 3.51. The minimum atomic E-state index is -3.58. The maximum Gasteiger partial charge on any atom is 0.243 e. The van der Waals surface area contributed by atoms with Crippen LogP contribution in [0.5, 0.6) is 0 Å². The summed E-state index contributed by atoms with van der Waals surface area (Å²) in [6.45, 7) is 2.59. The van der Waals surface area contributed by atoms with Gasteiger partial charge in [0.15, 0.2) is 0 Å². The Kier molecular flexibility index (Phi) is 4.60. The van der Waals surface area contributed by atoms with Crippen molar-refractivity contribution in [3.63, 3.8) is 0 Å². The van der Waals surface area contributed by atoms with Crippen molar-refractivity contribution in [1.29, 1.82) is 0 Å². The molecule has 1 aliphatic carbocycles. The zero-order valence-electron chi connectivity index (χ0n) is 10.7. The van der Waals surface area contributed by atoms with Crippen LogP contribution >= 0.6 is 27.5 Å². The average molecular weight is 367 g/mol. The lowest BCUT2D eigenvalue weighted by atomic mass is 9.89. The normalized spacial score (nSPS) is 18.7. The molecule has 1 aromatic rings. The van der Waals surface area contributed by atoms with Gasteiger partial charge in [0.05, 0.1) is 5.02 Å². The third-order valence-corrected chi connectivity index (χ3v) is 6.54. The number of hydrogen-bond donors (Lipinski definition) is 1. The highest BCUT2D eigenvalue weighted by atomic mass is 79.9. The lowest BCUT2D eigenvalue weighted by Gasteiger charge is -2.23. The minimum Gasteiger partial charge on any atom is -0.211 e. The van der Waals surface area contributed by atoms with E-state index in [-0.39, 0.29) is 15.3 Å². The highest BCUT2D eigenvalue weighted by molar-refractivity contribution is 9.10. The summed E-state index contributed by atoms with van der Waals surface area (Å²) in [6, 6.07) is 4.97. The fourth-order valence-corrected chi connectivity index (χ4v) is 5.42. The Morgan fingerprint density at radius 2 is 2.00 bits per heavy atom. The number of hydrogen-bond acceptors (Lipinski definition) is 2. The van der Waals surface area contributed by atoms with Gasteiger partial charge in [-0.1, -0.05) is 37.4 Å². The van der Waals surface area contributed by atoms with Gasteiger partial charge in [-0.3, -0.25) is 0 Å². The van der Waals surface area contributed by atoms with Gasteiger partial charge in [-0.2, -0.15) is 0 Å². The molecule has 0 spiro atoms. The lowest BCUT2D eigenvalue weighted by molar-refractivity contribution is 0.336. The molecule has 0 aromatic heterocycles. The summed E-state index contributed by atoms with van der Waals surface area (Å²) in [5.74, 6) is 0. The van der Waals surface area contributed by atoms with Crippen LogP contribution < -0.4 is 4.72 Å². The molecule has 0 atom stereocenters. The van der Waals surface area contributed by atoms with Crippen LogP contribution in [0.2, 0.25) is 5.02 Å². The first-order valence-electron chi connectivity index (χ1n) is 6.28. The number of halogens is 2. The molecule has 1 fully saturated rings. The summed E-state index contributed by atoms with van der Waals surface area (Å²) in [4.78, 5) is 0.123. The molecule has 1 aliphatic rings. The molecule has 106 valence electrons. The molecule has 1 N–H and O–H groups in total. The standard InChI is InChI=1S/C13H17BrClNO2S/c1-13(7-2-3-8-13)9-16-19(17,18)12-10(14)5-4-6-11(12)15/h4-6,16H,2-3,7-9H2,1H3. The zero-order chi connectivity index (χ0) is 14.1. The average Bonchev–Trinajstić information content (AvgIpc) is 2.74. The van der Waals surface area contributed by atoms with E-state index in [0.717, 1.165) is 12.8 Å². The number of nitrogens with one attached hydrogen (secondary N) is 1. The highest BCUT2D eigenvalue weighted by Crippen LogP contribution is 2.37. The fourth-order valence-electron chi connectivity index (χ4n) is 2.49. The predicted molar refractivity (Wildman–Crippen MR) is 80.9 cm³/mol. The Morgan fingerprint density at radius 3 is 2.58 bits per heavy atom. The second kappa shape index (κ2) is 5.72. The predicted octanol–water partition coefficient (Wildman–Crippen LogP) is 3.96. The van der Waals surface area contributed by atoms with Gasteiger partial charge in [-0.05, 0) is 46.3 Å². The van der Waals surface area contributed by atoms with E-state index in [1.54, 1.807) is 18.2 Å². The van der Waals surface area contributed by atoms with Crippen LogP contribution in [0.3, 0.4) is 0 Å². The number of benzene rings is 1. The summed E-state index contributed by atoms with van der Waals surface area (Å²) in [5, 5.41) is 0.235. The Hall–Kier alpha value is -0.100. The Morgan fingerprint density at radius 1 is 1.37 bits per heavy atom. The molecular weight excluding hydrogens is 350 g/mol. The summed E-state index contributed by atoms with van der Waals surface area (Å²) >= 11 is 9.24. The van der Waals surface area contributed by atoms with E-state index in [0.29, 0.717) is 11.0 Å². The van der Waals surface area contributed by atoms with Gasteiger partial charge < -0.3 is 0 Å². The summed E-state index contributed by atoms with van der Waals surface area (Å²) in [5.41, 5.74) is 0.0702. The van der Waals surface area contributed by atoms with E-state index in [2.05, 4.69) is 27.6 Å². The first-order chi connectivity index (χ1) is 8.84. The van der Waals surface area contributed by atoms with E-state index in [1.165, 1.54) is 12.8 Å². The van der Waals surface area contributed by atoms with E-state index in [4.69, 9.17) is 11.6 Å². The summed E-state index contributed by atoms with van der Waals surface area (Å²) < 4.78 is 27.9. The van der Waals surface area contributed by atoms with Gasteiger partial charge in [-0.25, -0.2) is 13.1 Å². The first kappa shape index (κ1) is 15.3. The monoisotopic (exact) mass is 365 g/mol. The Balaban J connectivity index is 2.19. The molecule has 2 rings (SSSR count). The van der Waals surface area contributed by atoms with Crippen molar-refractivity contribution in [2.24, 2.45) is 5.41 Å². The maximum atomic E-state index is 12.3. The van der Waals surface area contributed by atoms with Crippen LogP contribution in [0.1, 0.15) is 32.6 Å². The topological polar surface area (TPSA) is 46.2 Å². The van der Waals surface area contributed by atoms with E-state index in [1.807, 2.05) is 0 Å². The van der Waals surface area contributed by atoms with Crippen LogP contribution in [0.25, 0.3) is 0 Å². The van der Waals surface area contributed by atoms with Crippen molar-refractivity contribution in [3.05, 3.63) is 27.7 Å². The lowest BCUT2D eigenvalue weighted by Crippen LogP contribution is -2.34. The SMILES string of the molecule is CC1(CNS(=O)(=O)c2c(Cl)cccc2Br)CCCC1. The number of rotatable bonds is 4. The smallest absolute Gasteiger partial charge is 0.211 e. The molecule has 6 heteroatoms. The maximum absolute atomic E-state index is 12.3. The van der Waals surface area contributed by atoms with Crippen molar-refractivity contribution < 1.29 is 8.42 Å². The van der Waals surface area contributed by atoms with Crippen molar-refractivity contribution in [2.45, 2.75) is 37.5 Å². The van der Waals surface area contributed by atoms with Crippen molar-refractivity contribution >= 4 is 37.6 Å². The third-order valence-electron chi connectivity index (χ3n) is 3.69. The molecule has 0 amide bonds. The van der Waals surface area contributed by atoms with Crippen LogP contribution in [-0.2, 0) is 10.0 Å². The molecule has 0 saturated heterocycles. The quantitative estimate of drug-likeness (QED) is 0.876. The molecule has 19 heavy (non-hydrogen) atoms. The summed E-state index contributed by atoms with van der Waals surface area (Å²) in [7, 11) is -3.58. The molecule has 1 saturated carbocycles. The summed E-state index contributed by atoms with van der Waals surface area (Å²) in [6.07, 6.45) is 4.49. The van der Waals surface area contributed by atoms with Crippen molar-refractivity contribution in [1.82, 2.24) is 4.72 Å². The Bertz CT molecular complexity index is 548. The van der Waals surface area contributed by atoms with Gasteiger partial charge in [0.25, 0.3) is 0 Å². The van der Waals surface area contributed by atoms with E-state index < -0.39 is 10.0 Å². The van der Waals surface area contributed by atoms with Crippen LogP contribution in [0.15, 0.2) is 27.6 Å². The highest BCUT2D eigenvalue weighted by Gasteiger charge is 2.31. The van der Waals surface area contributed by atoms with Crippen molar-refractivity contribution in [2.75, 3.05) is 6.54 Å². The molecule has 0 unspecified atom stereocenters. The first-order valence-corrected chi connectivity index (χ1v) is 8.93. The largest absolute Gasteiger partial charge is 0.243 e. The van der Waals surface area contributed by atoms with E-state index >= 15 is 0 Å². The fraction of sp³-hybridized carbons (Fsp3) is 0.538. The second-order valence-electron chi connectivity index (χ2n) is 5.39. The molecule has 0 bridgehead atoms. The van der Waals surface area contributed by atoms with Crippen LogP contribution in [-0.4, -0.2) is 15.0 Å². The molecule has 0 radical (unpaired) electrons. The zero-order valence-corrected chi connectivity index (χ0v) is 13.9. The van der Waals surface area contributed by atoms with Gasteiger partial charge in [0.1, 0.15) is 4.90 Å². The molecule has 1 aromatic carbocycles. The van der Waals surface area contributed by atoms with Gasteiger partial charge in [0, 0.05) is 11.0 Å². The van der Waals surface area contributed by atoms with Gasteiger partial charge >= 0.3 is 0 Å². The van der Waals surface area contributed by atoms with Crippen molar-refractivity contribution in [3.8, 4) is 0 Å². The second-order valence-corrected chi connectivity index (χ2v) is 8.36. The molecular formula is C13H17BrClNO2S. The van der Waals surface area contributed by atoms with Crippen LogP contribution in [0, 0.1) is 5.41 Å². The van der Waals surface area contributed by atoms with Gasteiger partial charge in [-0.15, -0.1) is 0 Å².